The van der Waals surface area contributed by atoms with E-state index in [4.69, 9.17) is 39.1 Å². The van der Waals surface area contributed by atoms with E-state index in [0.717, 1.165) is 35.6 Å². The molecule has 8 atom stereocenters. The second kappa shape index (κ2) is 19.6. The molecule has 0 saturated carbocycles. The number of nitrogens with one attached hydrogen (secondary N) is 1. The van der Waals surface area contributed by atoms with Crippen LogP contribution in [0.3, 0.4) is 0 Å². The van der Waals surface area contributed by atoms with Gasteiger partial charge in [-0.2, -0.15) is 4.98 Å². The lowest BCUT2D eigenvalue weighted by atomic mass is 10.1. The Balaban J connectivity index is 1.16. The number of esters is 1. The number of phosphoric acid groups is 2. The van der Waals surface area contributed by atoms with Crippen LogP contribution in [0.15, 0.2) is 71.0 Å². The van der Waals surface area contributed by atoms with E-state index in [2.05, 4.69) is 41.3 Å². The van der Waals surface area contributed by atoms with Gasteiger partial charge >= 0.3 is 11.7 Å². The lowest BCUT2D eigenvalue weighted by molar-refractivity contribution is -0.384. The maximum Gasteiger partial charge on any atom is 0.361 e. The monoisotopic (exact) mass is 960 g/mol. The molecule has 4 aromatic heterocycles. The molecule has 0 spiro atoms. The van der Waals surface area contributed by atoms with Gasteiger partial charge in [-0.05, 0) is 24.6 Å². The summed E-state index contributed by atoms with van der Waals surface area (Å²) in [6, 6.07) is 5.98. The normalized spacial score (nSPS) is 22.8. The van der Waals surface area contributed by atoms with Crippen molar-refractivity contribution in [3.63, 3.8) is 0 Å². The largest absolute Gasteiger partial charge is 0.790 e. The van der Waals surface area contributed by atoms with E-state index >= 15 is 0 Å². The molecular weight excluding hydrogens is 924 g/mol. The Hall–Kier alpha value is -6.36. The number of amides is 1. The molecule has 2 fully saturated rings. The van der Waals surface area contributed by atoms with E-state index in [1.54, 1.807) is 0 Å². The molecule has 0 aliphatic carbocycles. The minimum atomic E-state index is -5.63. The number of nitrogen functional groups attached to an aromatic ring is 2. The molecule has 2 aliphatic rings. The predicted molar refractivity (Wildman–Crippen MR) is 212 cm³/mol. The number of non-ortho nitro benzene ring substituents is 1. The number of allylic oxidation sites excluding steroid dienone is 1. The van der Waals surface area contributed by atoms with E-state index in [9.17, 15) is 53.4 Å². The van der Waals surface area contributed by atoms with E-state index in [-0.39, 0.29) is 58.7 Å². The molecule has 3 unspecified atom stereocenters. The lowest BCUT2D eigenvalue weighted by Crippen LogP contribution is -2.39. The van der Waals surface area contributed by atoms with Gasteiger partial charge in [-0.1, -0.05) is 6.08 Å². The third-order valence-electron chi connectivity index (χ3n) is 9.83. The number of ether oxygens (including phenoxy) is 3. The number of carbonyl (C=O) groups excluding carboxylic acids is 2. The van der Waals surface area contributed by atoms with Gasteiger partial charge in [0.2, 0.25) is 11.8 Å². The van der Waals surface area contributed by atoms with Gasteiger partial charge in [0.25, 0.3) is 13.5 Å². The maximum atomic E-state index is 14.1. The SMILES string of the molecule is C=CCCC(=O)NCc1nc(C(=O)OC2[C@@H](COP(=O)([O-])OC3C[C@H](n4ccc(N)nc4=O)O[C@@H]3COP(=O)([O-])[O-])O[C@@H](n3cnc4c(N)ncnc43)[C@H]2O)c(-c2ccc([N+](=O)[O-])cc2)o1. The molecule has 2 aliphatic heterocycles. The molecule has 66 heavy (non-hydrogen) atoms. The number of imidazole rings is 1. The second-order valence-electron chi connectivity index (χ2n) is 14.2. The number of carbonyl (C=O) groups is 2. The molecule has 5 aromatic rings. The van der Waals surface area contributed by atoms with Crippen LogP contribution in [-0.4, -0.2) is 99.7 Å². The number of nitro benzene ring substituents is 1. The molecule has 1 amide bonds. The lowest BCUT2D eigenvalue weighted by Gasteiger charge is -2.32. The summed E-state index contributed by atoms with van der Waals surface area (Å²) >= 11 is 0. The average molecular weight is 961 g/mol. The Labute approximate surface area is 369 Å². The number of aliphatic hydroxyl groups is 1. The van der Waals surface area contributed by atoms with Crippen molar-refractivity contribution in [1.29, 1.82) is 0 Å². The Bertz CT molecular complexity index is 2780. The highest BCUT2D eigenvalue weighted by Gasteiger charge is 2.49. The highest BCUT2D eigenvalue weighted by Crippen LogP contribution is 2.47. The molecule has 29 nitrogen and oxygen atoms in total. The van der Waals surface area contributed by atoms with Crippen molar-refractivity contribution < 1.29 is 75.6 Å². The molecule has 7 rings (SSSR count). The third-order valence-corrected chi connectivity index (χ3v) is 11.3. The summed E-state index contributed by atoms with van der Waals surface area (Å²) in [6.07, 6.45) is -6.59. The number of fused-ring (bicyclic) bond motifs is 1. The average Bonchev–Trinajstić information content (AvgIpc) is 4.05. The zero-order valence-electron chi connectivity index (χ0n) is 33.7. The minimum absolute atomic E-state index is 0.0351. The van der Waals surface area contributed by atoms with Crippen LogP contribution in [0.4, 0.5) is 17.3 Å². The molecular formula is C35H36N11O18P2-3. The van der Waals surface area contributed by atoms with Crippen LogP contribution < -0.4 is 37.2 Å². The molecule has 0 radical (unpaired) electrons. The Morgan fingerprint density at radius 2 is 1.77 bits per heavy atom. The summed E-state index contributed by atoms with van der Waals surface area (Å²) < 4.78 is 64.8. The van der Waals surface area contributed by atoms with Gasteiger partial charge in [-0.25, -0.2) is 29.5 Å². The van der Waals surface area contributed by atoms with E-state index in [1.165, 1.54) is 28.8 Å². The fourth-order valence-electron chi connectivity index (χ4n) is 6.77. The van der Waals surface area contributed by atoms with Crippen LogP contribution in [0.1, 0.15) is 48.1 Å². The number of nitrogens with two attached hydrogens (primary N) is 2. The van der Waals surface area contributed by atoms with Gasteiger partial charge in [-0.15, -0.1) is 6.58 Å². The number of oxazole rings is 1. The zero-order chi connectivity index (χ0) is 47.5. The van der Waals surface area contributed by atoms with Gasteiger partial charge < -0.3 is 73.3 Å². The summed E-state index contributed by atoms with van der Waals surface area (Å²) in [6.45, 7) is 1.14. The first-order valence-corrected chi connectivity index (χ1v) is 22.1. The molecule has 1 aromatic carbocycles. The van der Waals surface area contributed by atoms with Crippen LogP contribution in [0.5, 0.6) is 0 Å². The topological polar surface area (TPSA) is 425 Å². The van der Waals surface area contributed by atoms with Crippen LogP contribution in [0, 0.1) is 10.1 Å². The second-order valence-corrected chi connectivity index (χ2v) is 16.8. The van der Waals surface area contributed by atoms with Crippen molar-refractivity contribution in [2.45, 2.75) is 68.8 Å². The van der Waals surface area contributed by atoms with Gasteiger partial charge in [0, 0.05) is 36.7 Å². The van der Waals surface area contributed by atoms with Crippen LogP contribution in [0.2, 0.25) is 0 Å². The van der Waals surface area contributed by atoms with Gasteiger partial charge in [0.05, 0.1) is 44.9 Å². The molecule has 0 bridgehead atoms. The smallest absolute Gasteiger partial charge is 0.361 e. The number of aromatic nitrogens is 7. The molecule has 31 heteroatoms. The Kier molecular flexibility index (Phi) is 14.2. The standard InChI is InChI=1S/C35H39N11O18P2/c1-2-3-4-23(47)38-12-24-43-26(29(62-24)17-5-7-18(8-6-17)46(51)52)34(49)63-30-21(61-33(28(30)48)45-16-41-27-31(37)39-15-40-32(27)45)14-59-66(56,57)64-19-11-25(44-10-9-22(36)42-35(44)50)60-20(19)13-58-65(53,54)55/h2,5-10,15-16,19-21,25,28,30,33,48H,1,3-4,11-14H2,(H,38,47)(H,56,57)(H2,36,42,50)(H2,37,39,40)(H2,53,54,55)/p-3/t19?,20-,21-,25-,28+,30?,33-/m1/s1. The number of benzene rings is 1. The Morgan fingerprint density at radius 1 is 1.03 bits per heavy atom. The number of hydrogen-bond donors (Lipinski definition) is 4. The van der Waals surface area contributed by atoms with E-state index < -0.39 is 106 Å². The van der Waals surface area contributed by atoms with Gasteiger partial charge in [0.1, 0.15) is 42.2 Å². The van der Waals surface area contributed by atoms with Crippen molar-refractivity contribution in [2.24, 2.45) is 0 Å². The molecule has 6 heterocycles. The van der Waals surface area contributed by atoms with Crippen molar-refractivity contribution >= 4 is 56.0 Å². The van der Waals surface area contributed by atoms with Crippen molar-refractivity contribution in [2.75, 3.05) is 24.7 Å². The highest BCUT2D eigenvalue weighted by molar-refractivity contribution is 7.45. The van der Waals surface area contributed by atoms with Crippen molar-refractivity contribution in [3.8, 4) is 11.3 Å². The van der Waals surface area contributed by atoms with Crippen LogP contribution >= 0.6 is 15.6 Å². The first-order valence-electron chi connectivity index (χ1n) is 19.2. The first kappa shape index (κ1) is 47.6. The van der Waals surface area contributed by atoms with Crippen molar-refractivity contribution in [1.82, 2.24) is 39.4 Å². The molecule has 352 valence electrons. The van der Waals surface area contributed by atoms with E-state index in [1.807, 2.05) is 0 Å². The van der Waals surface area contributed by atoms with Crippen molar-refractivity contribution in [3.05, 3.63) is 94.0 Å². The summed E-state index contributed by atoms with van der Waals surface area (Å²) in [5.74, 6) is -2.39. The van der Waals surface area contributed by atoms with Gasteiger partial charge in [-0.3, -0.25) is 28.6 Å². The Morgan fingerprint density at radius 3 is 2.47 bits per heavy atom. The molecule has 6 N–H and O–H groups in total. The third kappa shape index (κ3) is 11.0. The zero-order valence-corrected chi connectivity index (χ0v) is 35.5. The number of nitro groups is 1. The fourth-order valence-corrected chi connectivity index (χ4v) is 8.05. The number of anilines is 2. The number of nitrogens with zero attached hydrogens (tertiary/aromatic N) is 8. The molecule has 2 saturated heterocycles. The van der Waals surface area contributed by atoms with Gasteiger partial charge in [0.15, 0.2) is 35.3 Å². The number of phosphoric ester groups is 2. The summed E-state index contributed by atoms with van der Waals surface area (Å²) in [4.78, 5) is 106. The predicted octanol–water partition coefficient (Wildman–Crippen LogP) is -1.12. The number of hydrogen-bond acceptors (Lipinski definition) is 25. The minimum Gasteiger partial charge on any atom is -0.790 e. The summed E-state index contributed by atoms with van der Waals surface area (Å²) in [7, 11) is -11.2. The number of aliphatic hydroxyl groups excluding tert-OH is 1. The summed E-state index contributed by atoms with van der Waals surface area (Å²) in [5.41, 5.74) is 9.93. The maximum absolute atomic E-state index is 14.1. The first-order chi connectivity index (χ1) is 31.3. The fraction of sp³-hybridized carbons (Fsp3) is 0.371. The highest BCUT2D eigenvalue weighted by atomic mass is 31.2. The van der Waals surface area contributed by atoms with Crippen LogP contribution in [-0.2, 0) is 48.3 Å². The number of rotatable bonds is 19. The van der Waals surface area contributed by atoms with Crippen LogP contribution in [0.25, 0.3) is 22.5 Å². The summed E-state index contributed by atoms with van der Waals surface area (Å²) in [5, 5.41) is 25.7. The van der Waals surface area contributed by atoms with E-state index in [0.29, 0.717) is 6.42 Å². The quantitative estimate of drug-likeness (QED) is 0.0250.